The lowest BCUT2D eigenvalue weighted by atomic mass is 9.96. The molecule has 0 fully saturated rings. The number of nitrogens with one attached hydrogen (secondary N) is 3. The molecular weight excluding hydrogens is 709 g/mol. The van der Waals surface area contributed by atoms with Crippen LogP contribution in [0.3, 0.4) is 0 Å². The van der Waals surface area contributed by atoms with Crippen molar-refractivity contribution in [3.05, 3.63) is 178 Å². The quantitative estimate of drug-likeness (QED) is 0.0904. The molecule has 0 saturated heterocycles. The van der Waals surface area contributed by atoms with Gasteiger partial charge in [-0.1, -0.05) is 109 Å². The van der Waals surface area contributed by atoms with Crippen LogP contribution in [0.15, 0.2) is 150 Å². The number of nitriles is 1. The average Bonchev–Trinajstić information content (AvgIpc) is 3.57. The number of hydrogen-bond acceptors (Lipinski definition) is 6. The Morgan fingerprint density at radius 2 is 1.41 bits per heavy atom. The summed E-state index contributed by atoms with van der Waals surface area (Å²) in [6, 6.07) is 45.6. The van der Waals surface area contributed by atoms with E-state index >= 15 is 0 Å². The molecule has 266 valence electrons. The molecule has 0 aliphatic heterocycles. The minimum atomic E-state index is -0.637. The largest absolute Gasteiger partial charge is 0.321 e. The van der Waals surface area contributed by atoms with Gasteiger partial charge in [-0.25, -0.2) is 0 Å². The van der Waals surface area contributed by atoms with Crippen LogP contribution in [0.2, 0.25) is 0 Å². The van der Waals surface area contributed by atoms with Gasteiger partial charge in [0.1, 0.15) is 22.0 Å². The molecule has 7 rings (SSSR count). The second-order valence-corrected chi connectivity index (χ2v) is 15.1. The number of fused-ring (bicyclic) bond motifs is 1. The molecule has 1 aromatic heterocycles. The number of rotatable bonds is 11. The van der Waals surface area contributed by atoms with E-state index in [1.807, 2.05) is 109 Å². The van der Waals surface area contributed by atoms with Crippen molar-refractivity contribution in [3.8, 4) is 17.2 Å². The maximum atomic E-state index is 14.0. The van der Waals surface area contributed by atoms with Gasteiger partial charge in [-0.15, -0.1) is 23.1 Å². The number of thiophene rings is 1. The van der Waals surface area contributed by atoms with Crippen LogP contribution in [-0.2, 0) is 22.4 Å². The van der Waals surface area contributed by atoms with Gasteiger partial charge in [0.25, 0.3) is 11.8 Å². The van der Waals surface area contributed by atoms with Gasteiger partial charge in [0.05, 0.1) is 5.56 Å². The average molecular weight is 745 g/mol. The Bertz CT molecular complexity index is 2350. The third-order valence-corrected chi connectivity index (χ3v) is 11.5. The Morgan fingerprint density at radius 1 is 0.741 bits per heavy atom. The molecule has 1 atom stereocenters. The Kier molecular flexibility index (Phi) is 11.4. The minimum Gasteiger partial charge on any atom is -0.321 e. The predicted molar refractivity (Wildman–Crippen MR) is 218 cm³/mol. The molecule has 7 nitrogen and oxygen atoms in total. The molecule has 1 aliphatic rings. The monoisotopic (exact) mass is 744 g/mol. The highest BCUT2D eigenvalue weighted by atomic mass is 32.2. The lowest BCUT2D eigenvalue weighted by Gasteiger charge is -2.17. The summed E-state index contributed by atoms with van der Waals surface area (Å²) < 4.78 is 0. The van der Waals surface area contributed by atoms with E-state index in [-0.39, 0.29) is 11.6 Å². The molecule has 9 heteroatoms. The lowest BCUT2D eigenvalue weighted by Crippen LogP contribution is -2.30. The van der Waals surface area contributed by atoms with Gasteiger partial charge in [-0.05, 0) is 89.9 Å². The molecule has 54 heavy (non-hydrogen) atoms. The number of anilines is 2. The topological polar surface area (TPSA) is 111 Å². The van der Waals surface area contributed by atoms with Gasteiger partial charge in [0, 0.05) is 21.0 Å². The maximum absolute atomic E-state index is 14.0. The van der Waals surface area contributed by atoms with Crippen LogP contribution in [-0.4, -0.2) is 17.7 Å². The third kappa shape index (κ3) is 8.69. The van der Waals surface area contributed by atoms with E-state index in [1.54, 1.807) is 36.4 Å². The van der Waals surface area contributed by atoms with Crippen LogP contribution >= 0.6 is 23.1 Å². The summed E-state index contributed by atoms with van der Waals surface area (Å²) in [6.07, 6.45) is 5.55. The Hall–Kier alpha value is -6.21. The van der Waals surface area contributed by atoms with Crippen LogP contribution in [0.4, 0.5) is 10.7 Å². The summed E-state index contributed by atoms with van der Waals surface area (Å²) in [4.78, 5) is 43.1. The highest BCUT2D eigenvalue weighted by Gasteiger charge is 2.27. The summed E-state index contributed by atoms with van der Waals surface area (Å²) in [5, 5.41) is 18.8. The zero-order valence-electron chi connectivity index (χ0n) is 29.3. The van der Waals surface area contributed by atoms with Crippen molar-refractivity contribution in [2.75, 3.05) is 10.6 Å². The van der Waals surface area contributed by atoms with E-state index in [1.165, 1.54) is 28.0 Å². The first-order chi connectivity index (χ1) is 26.4. The van der Waals surface area contributed by atoms with Gasteiger partial charge in [0.2, 0.25) is 5.91 Å². The zero-order valence-corrected chi connectivity index (χ0v) is 30.9. The van der Waals surface area contributed by atoms with Gasteiger partial charge >= 0.3 is 0 Å². The van der Waals surface area contributed by atoms with Crippen LogP contribution in [0.25, 0.3) is 17.2 Å². The summed E-state index contributed by atoms with van der Waals surface area (Å²) >= 11 is 2.85. The fourth-order valence-electron chi connectivity index (χ4n) is 6.34. The van der Waals surface area contributed by atoms with Gasteiger partial charge in [-0.3, -0.25) is 14.4 Å². The first kappa shape index (κ1) is 36.2. The smallest absolute Gasteiger partial charge is 0.272 e. The lowest BCUT2D eigenvalue weighted by molar-refractivity contribution is -0.116. The Balaban J connectivity index is 1.12. The van der Waals surface area contributed by atoms with Crippen molar-refractivity contribution in [2.24, 2.45) is 0 Å². The second-order valence-electron chi connectivity index (χ2n) is 12.8. The van der Waals surface area contributed by atoms with E-state index in [0.29, 0.717) is 21.8 Å². The molecule has 0 spiro atoms. The Labute approximate surface area is 322 Å². The van der Waals surface area contributed by atoms with Gasteiger partial charge in [-0.2, -0.15) is 5.26 Å². The normalized spacial score (nSPS) is 12.8. The van der Waals surface area contributed by atoms with Crippen LogP contribution < -0.4 is 16.0 Å². The second kappa shape index (κ2) is 17.1. The van der Waals surface area contributed by atoms with Crippen molar-refractivity contribution in [1.82, 2.24) is 5.32 Å². The van der Waals surface area contributed by atoms with Crippen molar-refractivity contribution >= 4 is 57.6 Å². The van der Waals surface area contributed by atoms with Crippen LogP contribution in [0.1, 0.15) is 55.6 Å². The number of carbonyl (C=O) groups is 3. The van der Waals surface area contributed by atoms with Gasteiger partial charge < -0.3 is 16.0 Å². The summed E-state index contributed by atoms with van der Waals surface area (Å²) in [7, 11) is 0. The van der Waals surface area contributed by atoms with E-state index in [2.05, 4.69) is 22.0 Å². The van der Waals surface area contributed by atoms with Crippen molar-refractivity contribution in [3.63, 3.8) is 0 Å². The standard InChI is InChI=1S/C45H36N4O3S2/c46-29-38-37-21-10-11-22-40(37)54-45(38)49-44(52)41(33-15-6-2-7-16-33)53-36-20-12-19-35(28-36)47-43(51)39(48-42(50)34-17-8-3-9-18-34)27-30-23-25-32(26-24-30)31-13-4-1-5-14-31/h1-9,12-20,23-28,41H,10-11,21-22H2,(H,47,51)(H,48,50)(H,49,52)/b39-27+. The summed E-state index contributed by atoms with van der Waals surface area (Å²) in [6.45, 7) is 0. The first-order valence-corrected chi connectivity index (χ1v) is 19.4. The molecule has 5 aromatic carbocycles. The number of hydrogen-bond donors (Lipinski definition) is 3. The highest BCUT2D eigenvalue weighted by Crippen LogP contribution is 2.41. The predicted octanol–water partition coefficient (Wildman–Crippen LogP) is 10.0. The molecule has 0 saturated carbocycles. The third-order valence-electron chi connectivity index (χ3n) is 9.06. The SMILES string of the molecule is N#Cc1c(NC(=O)C(Sc2cccc(NC(=O)/C(=C\c3ccc(-c4ccccc4)cc3)NC(=O)c3ccccc3)c2)c2ccccc2)sc2c1CCCC2. The highest BCUT2D eigenvalue weighted by molar-refractivity contribution is 8.00. The molecule has 1 aliphatic carbocycles. The number of aryl methyl sites for hydroxylation is 1. The van der Waals surface area contributed by atoms with E-state index < -0.39 is 17.1 Å². The van der Waals surface area contributed by atoms with Gasteiger partial charge in [0.15, 0.2) is 0 Å². The fourth-order valence-corrected chi connectivity index (χ4v) is 8.67. The number of thioether (sulfide) groups is 1. The van der Waals surface area contributed by atoms with E-state index in [0.717, 1.165) is 58.4 Å². The number of nitrogens with zero attached hydrogens (tertiary/aromatic N) is 1. The molecule has 3 N–H and O–H groups in total. The van der Waals surface area contributed by atoms with Crippen LogP contribution in [0.5, 0.6) is 0 Å². The molecular formula is C45H36N4O3S2. The fraction of sp³-hybridized carbons (Fsp3) is 0.111. The molecule has 3 amide bonds. The number of benzene rings is 5. The number of carbonyl (C=O) groups excluding carboxylic acids is 3. The Morgan fingerprint density at radius 3 is 2.13 bits per heavy atom. The van der Waals surface area contributed by atoms with Crippen LogP contribution in [0, 0.1) is 11.3 Å². The van der Waals surface area contributed by atoms with Crippen molar-refractivity contribution < 1.29 is 14.4 Å². The minimum absolute atomic E-state index is 0.0721. The maximum Gasteiger partial charge on any atom is 0.272 e. The summed E-state index contributed by atoms with van der Waals surface area (Å²) in [5.41, 5.74) is 6.27. The summed E-state index contributed by atoms with van der Waals surface area (Å²) in [5.74, 6) is -1.15. The first-order valence-electron chi connectivity index (χ1n) is 17.7. The molecule has 1 unspecified atom stereocenters. The molecule has 0 radical (unpaired) electrons. The van der Waals surface area contributed by atoms with Crippen molar-refractivity contribution in [1.29, 1.82) is 5.26 Å². The van der Waals surface area contributed by atoms with E-state index in [4.69, 9.17) is 0 Å². The van der Waals surface area contributed by atoms with E-state index in [9.17, 15) is 19.6 Å². The molecule has 6 aromatic rings. The zero-order chi connectivity index (χ0) is 37.3. The number of amides is 3. The molecule has 0 bridgehead atoms. The van der Waals surface area contributed by atoms with Crippen molar-refractivity contribution in [2.45, 2.75) is 35.8 Å². The molecule has 1 heterocycles.